The monoisotopic (exact) mass is 337 g/mol. The van der Waals surface area contributed by atoms with E-state index in [0.29, 0.717) is 12.6 Å². The molecule has 1 amide bonds. The summed E-state index contributed by atoms with van der Waals surface area (Å²) < 4.78 is 5.80. The molecule has 1 aliphatic rings. The summed E-state index contributed by atoms with van der Waals surface area (Å²) in [4.78, 5) is 14.6. The van der Waals surface area contributed by atoms with Crippen LogP contribution >= 0.6 is 0 Å². The lowest BCUT2D eigenvalue weighted by molar-refractivity contribution is 0.0696. The van der Waals surface area contributed by atoms with E-state index in [1.807, 2.05) is 54.4 Å². The first-order valence-electron chi connectivity index (χ1n) is 9.28. The largest absolute Gasteiger partial charge is 0.493 e. The number of carbonyl (C=O) groups is 1. The second-order valence-electron chi connectivity index (χ2n) is 6.82. The Morgan fingerprint density at radius 1 is 1.00 bits per heavy atom. The molecule has 2 aromatic carbocycles. The third kappa shape index (κ3) is 4.85. The summed E-state index contributed by atoms with van der Waals surface area (Å²) in [6.07, 6.45) is 6.90. The zero-order valence-electron chi connectivity index (χ0n) is 15.0. The predicted molar refractivity (Wildman–Crippen MR) is 101 cm³/mol. The van der Waals surface area contributed by atoms with E-state index in [4.69, 9.17) is 4.74 Å². The van der Waals surface area contributed by atoms with Gasteiger partial charge in [0.1, 0.15) is 5.75 Å². The van der Waals surface area contributed by atoms with Gasteiger partial charge in [-0.2, -0.15) is 0 Å². The van der Waals surface area contributed by atoms with Gasteiger partial charge in [0.25, 0.3) is 5.91 Å². The number of rotatable bonds is 6. The van der Waals surface area contributed by atoms with Crippen molar-refractivity contribution in [2.75, 3.05) is 13.7 Å². The molecule has 0 heterocycles. The third-order valence-corrected chi connectivity index (χ3v) is 5.05. The van der Waals surface area contributed by atoms with Gasteiger partial charge in [-0.1, -0.05) is 49.6 Å². The van der Waals surface area contributed by atoms with E-state index in [0.717, 1.165) is 30.6 Å². The lowest BCUT2D eigenvalue weighted by atomic mass is 9.94. The molecule has 25 heavy (non-hydrogen) atoms. The van der Waals surface area contributed by atoms with Crippen molar-refractivity contribution in [2.24, 2.45) is 0 Å². The van der Waals surface area contributed by atoms with E-state index in [2.05, 4.69) is 12.1 Å². The zero-order valence-corrected chi connectivity index (χ0v) is 15.0. The second kappa shape index (κ2) is 8.70. The summed E-state index contributed by atoms with van der Waals surface area (Å²) in [5.41, 5.74) is 2.01. The lowest BCUT2D eigenvalue weighted by Crippen LogP contribution is -2.38. The van der Waals surface area contributed by atoms with Crippen molar-refractivity contribution in [3.05, 3.63) is 65.7 Å². The maximum Gasteiger partial charge on any atom is 0.253 e. The topological polar surface area (TPSA) is 29.5 Å². The van der Waals surface area contributed by atoms with Crippen LogP contribution in [0.2, 0.25) is 0 Å². The van der Waals surface area contributed by atoms with Crippen molar-refractivity contribution in [3.63, 3.8) is 0 Å². The lowest BCUT2D eigenvalue weighted by Gasteiger charge is -2.31. The van der Waals surface area contributed by atoms with Crippen molar-refractivity contribution in [1.82, 2.24) is 4.90 Å². The van der Waals surface area contributed by atoms with Crippen LogP contribution in [0.5, 0.6) is 5.75 Å². The Morgan fingerprint density at radius 3 is 2.36 bits per heavy atom. The summed E-state index contributed by atoms with van der Waals surface area (Å²) in [6.45, 7) is 0.638. The van der Waals surface area contributed by atoms with Gasteiger partial charge in [0.15, 0.2) is 0 Å². The first-order chi connectivity index (χ1) is 12.2. The Balaban J connectivity index is 1.51. The maximum atomic E-state index is 12.6. The summed E-state index contributed by atoms with van der Waals surface area (Å²) in [7, 11) is 1.93. The van der Waals surface area contributed by atoms with E-state index in [1.165, 1.54) is 24.8 Å². The number of hydrogen-bond donors (Lipinski definition) is 0. The van der Waals surface area contributed by atoms with Gasteiger partial charge >= 0.3 is 0 Å². The molecule has 1 aliphatic carbocycles. The highest BCUT2D eigenvalue weighted by atomic mass is 16.5. The van der Waals surface area contributed by atoms with E-state index in [-0.39, 0.29) is 5.91 Å². The molecular weight excluding hydrogens is 310 g/mol. The highest BCUT2D eigenvalue weighted by Crippen LogP contribution is 2.23. The fourth-order valence-electron chi connectivity index (χ4n) is 3.46. The smallest absolute Gasteiger partial charge is 0.253 e. The molecule has 0 atom stereocenters. The van der Waals surface area contributed by atoms with Crippen LogP contribution in [0.3, 0.4) is 0 Å². The van der Waals surface area contributed by atoms with Gasteiger partial charge in [-0.25, -0.2) is 0 Å². The molecule has 3 heteroatoms. The molecule has 0 radical (unpaired) electrons. The molecule has 0 spiro atoms. The Hall–Kier alpha value is -2.29. The highest BCUT2D eigenvalue weighted by Gasteiger charge is 2.22. The van der Waals surface area contributed by atoms with Crippen molar-refractivity contribution in [1.29, 1.82) is 0 Å². The first kappa shape index (κ1) is 17.5. The fourth-order valence-corrected chi connectivity index (χ4v) is 3.46. The predicted octanol–water partition coefficient (Wildman–Crippen LogP) is 4.71. The van der Waals surface area contributed by atoms with Crippen molar-refractivity contribution in [2.45, 2.75) is 44.6 Å². The molecule has 0 N–H and O–H groups in total. The Morgan fingerprint density at radius 2 is 1.68 bits per heavy atom. The van der Waals surface area contributed by atoms with Crippen LogP contribution in [0.1, 0.15) is 48.0 Å². The summed E-state index contributed by atoms with van der Waals surface area (Å²) in [5, 5.41) is 0. The first-order valence-corrected chi connectivity index (χ1v) is 9.28. The summed E-state index contributed by atoms with van der Waals surface area (Å²) >= 11 is 0. The second-order valence-corrected chi connectivity index (χ2v) is 6.82. The minimum atomic E-state index is 0.114. The van der Waals surface area contributed by atoms with Crippen LogP contribution in [0.25, 0.3) is 0 Å². The van der Waals surface area contributed by atoms with Gasteiger partial charge in [-0.3, -0.25) is 4.79 Å². The molecule has 132 valence electrons. The van der Waals surface area contributed by atoms with Crippen molar-refractivity contribution < 1.29 is 9.53 Å². The van der Waals surface area contributed by atoms with Crippen molar-refractivity contribution >= 4 is 5.91 Å². The minimum absolute atomic E-state index is 0.114. The molecular formula is C22H27NO2. The van der Waals surface area contributed by atoms with E-state index < -0.39 is 0 Å². The highest BCUT2D eigenvalue weighted by molar-refractivity contribution is 5.94. The SMILES string of the molecule is CN(C(=O)c1ccc(OCCc2ccccc2)cc1)C1CCCCC1. The zero-order chi connectivity index (χ0) is 17.5. The van der Waals surface area contributed by atoms with Gasteiger partial charge in [0.05, 0.1) is 6.61 Å². The van der Waals surface area contributed by atoms with Crippen LogP contribution in [0.15, 0.2) is 54.6 Å². The van der Waals surface area contributed by atoms with Crippen LogP contribution in [-0.2, 0) is 6.42 Å². The Kier molecular flexibility index (Phi) is 6.10. The quantitative estimate of drug-likeness (QED) is 0.764. The maximum absolute atomic E-state index is 12.6. The molecule has 0 aromatic heterocycles. The van der Waals surface area contributed by atoms with Crippen molar-refractivity contribution in [3.8, 4) is 5.75 Å². The number of nitrogens with zero attached hydrogens (tertiary/aromatic N) is 1. The van der Waals surface area contributed by atoms with Crippen LogP contribution in [0, 0.1) is 0 Å². The number of amides is 1. The molecule has 0 bridgehead atoms. The van der Waals surface area contributed by atoms with Crippen LogP contribution < -0.4 is 4.74 Å². The molecule has 3 rings (SSSR count). The summed E-state index contributed by atoms with van der Waals surface area (Å²) in [5.74, 6) is 0.926. The van der Waals surface area contributed by atoms with Gasteiger partial charge in [-0.05, 0) is 42.7 Å². The number of carbonyl (C=O) groups excluding carboxylic acids is 1. The standard InChI is InChI=1S/C22H27NO2/c1-23(20-10-6-3-7-11-20)22(24)19-12-14-21(15-13-19)25-17-16-18-8-4-2-5-9-18/h2,4-5,8-9,12-15,20H,3,6-7,10-11,16-17H2,1H3. The molecule has 3 nitrogen and oxygen atoms in total. The number of benzene rings is 2. The molecule has 0 unspecified atom stereocenters. The van der Waals surface area contributed by atoms with E-state index in [1.54, 1.807) is 0 Å². The molecule has 1 saturated carbocycles. The normalized spacial score (nSPS) is 14.9. The fraction of sp³-hybridized carbons (Fsp3) is 0.409. The Bertz CT molecular complexity index is 660. The van der Waals surface area contributed by atoms with E-state index >= 15 is 0 Å². The van der Waals surface area contributed by atoms with Crippen LogP contribution in [0.4, 0.5) is 0 Å². The molecule has 0 aliphatic heterocycles. The third-order valence-electron chi connectivity index (χ3n) is 5.05. The molecule has 0 saturated heterocycles. The Labute approximate surface area is 150 Å². The average Bonchev–Trinajstić information content (AvgIpc) is 2.69. The summed E-state index contributed by atoms with van der Waals surface area (Å²) in [6, 6.07) is 18.2. The minimum Gasteiger partial charge on any atom is -0.493 e. The molecule has 1 fully saturated rings. The van der Waals surface area contributed by atoms with Gasteiger partial charge in [0.2, 0.25) is 0 Å². The number of hydrogen-bond acceptors (Lipinski definition) is 2. The van der Waals surface area contributed by atoms with E-state index in [9.17, 15) is 4.79 Å². The van der Waals surface area contributed by atoms with Crippen LogP contribution in [-0.4, -0.2) is 30.5 Å². The van der Waals surface area contributed by atoms with Gasteiger partial charge < -0.3 is 9.64 Å². The number of ether oxygens (including phenoxy) is 1. The molecule has 2 aromatic rings. The van der Waals surface area contributed by atoms with Gasteiger partial charge in [0, 0.05) is 25.1 Å². The average molecular weight is 337 g/mol. The van der Waals surface area contributed by atoms with Gasteiger partial charge in [-0.15, -0.1) is 0 Å².